The Labute approximate surface area is 140 Å². The highest BCUT2D eigenvalue weighted by Gasteiger charge is 2.52. The number of ether oxygens (including phenoxy) is 2. The second-order valence-corrected chi connectivity index (χ2v) is 5.60. The molecule has 1 unspecified atom stereocenters. The third-order valence-corrected chi connectivity index (χ3v) is 3.88. The quantitative estimate of drug-likeness (QED) is 0.735. The molecule has 1 aromatic rings. The number of nitrogens with zero attached hydrogens (tertiary/aromatic N) is 1. The van der Waals surface area contributed by atoms with Gasteiger partial charge in [-0.2, -0.15) is 5.06 Å². The highest BCUT2D eigenvalue weighted by Crippen LogP contribution is 2.32. The topological polar surface area (TPSA) is 82.1 Å². The Morgan fingerprint density at radius 2 is 1.96 bits per heavy atom. The van der Waals surface area contributed by atoms with Crippen LogP contribution >= 0.6 is 0 Å². The molecule has 1 atom stereocenters. The maximum absolute atomic E-state index is 12.4. The molecule has 0 aromatic heterocycles. The minimum absolute atomic E-state index is 0.116. The lowest BCUT2D eigenvalue weighted by Gasteiger charge is -2.42. The van der Waals surface area contributed by atoms with Gasteiger partial charge in [0.05, 0.1) is 7.11 Å². The summed E-state index contributed by atoms with van der Waals surface area (Å²) in [4.78, 5) is 41.6. The van der Waals surface area contributed by atoms with Crippen LogP contribution in [0.3, 0.4) is 0 Å². The van der Waals surface area contributed by atoms with Gasteiger partial charge in [-0.15, -0.1) is 0 Å². The average Bonchev–Trinajstić information content (AvgIpc) is 2.59. The molecule has 0 bridgehead atoms. The molecule has 1 aliphatic rings. The van der Waals surface area contributed by atoms with Gasteiger partial charge < -0.3 is 9.47 Å². The highest BCUT2D eigenvalue weighted by atomic mass is 16.7. The van der Waals surface area contributed by atoms with E-state index in [1.807, 2.05) is 30.3 Å². The molecular weight excluding hydrogens is 314 g/mol. The van der Waals surface area contributed by atoms with E-state index in [2.05, 4.69) is 0 Å². The molecule has 0 saturated carbocycles. The Morgan fingerprint density at radius 1 is 1.25 bits per heavy atom. The van der Waals surface area contributed by atoms with Crippen molar-refractivity contribution in [3.63, 3.8) is 0 Å². The molecule has 7 nitrogen and oxygen atoms in total. The fourth-order valence-electron chi connectivity index (χ4n) is 2.67. The summed E-state index contributed by atoms with van der Waals surface area (Å²) < 4.78 is 9.88. The van der Waals surface area contributed by atoms with Crippen LogP contribution in [0, 0.1) is 0 Å². The monoisotopic (exact) mass is 335 g/mol. The first-order chi connectivity index (χ1) is 11.5. The molecule has 24 heavy (non-hydrogen) atoms. The van der Waals surface area contributed by atoms with E-state index in [1.54, 1.807) is 0 Å². The SMILES string of the molecule is COC(=O)C1(COC(C)=O)CCCC(=O)N1OCc1ccccc1. The Hall–Kier alpha value is -2.41. The van der Waals surface area contributed by atoms with Gasteiger partial charge in [-0.1, -0.05) is 30.3 Å². The summed E-state index contributed by atoms with van der Waals surface area (Å²) in [6.45, 7) is 1.06. The van der Waals surface area contributed by atoms with Crippen molar-refractivity contribution in [1.82, 2.24) is 5.06 Å². The summed E-state index contributed by atoms with van der Waals surface area (Å²) in [6.07, 6.45) is 1.04. The van der Waals surface area contributed by atoms with Crippen molar-refractivity contribution in [2.75, 3.05) is 13.7 Å². The van der Waals surface area contributed by atoms with Crippen LogP contribution in [0.4, 0.5) is 0 Å². The molecular formula is C17H21NO6. The van der Waals surface area contributed by atoms with Gasteiger partial charge in [-0.25, -0.2) is 4.79 Å². The molecule has 0 aliphatic carbocycles. The van der Waals surface area contributed by atoms with Gasteiger partial charge in [0, 0.05) is 13.3 Å². The Kier molecular flexibility index (Phi) is 5.92. The van der Waals surface area contributed by atoms with E-state index in [1.165, 1.54) is 14.0 Å². The number of rotatable bonds is 6. The number of hydrogen-bond donors (Lipinski definition) is 0. The van der Waals surface area contributed by atoms with Crippen LogP contribution in [0.25, 0.3) is 0 Å². The van der Waals surface area contributed by atoms with E-state index >= 15 is 0 Å². The number of amides is 1. The Bertz CT molecular complexity index is 602. The molecule has 0 N–H and O–H groups in total. The van der Waals surface area contributed by atoms with Crippen LogP contribution in [0.15, 0.2) is 30.3 Å². The van der Waals surface area contributed by atoms with Gasteiger partial charge in [0.25, 0.3) is 0 Å². The van der Waals surface area contributed by atoms with Crippen molar-refractivity contribution in [3.05, 3.63) is 35.9 Å². The van der Waals surface area contributed by atoms with E-state index in [0.717, 1.165) is 10.6 Å². The van der Waals surface area contributed by atoms with Gasteiger partial charge in [-0.05, 0) is 18.4 Å². The molecule has 0 spiro atoms. The number of piperidine rings is 1. The molecule has 1 aliphatic heterocycles. The minimum Gasteiger partial charge on any atom is -0.467 e. The van der Waals surface area contributed by atoms with E-state index in [0.29, 0.717) is 12.8 Å². The van der Waals surface area contributed by atoms with Gasteiger partial charge in [0.2, 0.25) is 11.4 Å². The number of carbonyl (C=O) groups is 3. The molecule has 1 saturated heterocycles. The first-order valence-electron chi connectivity index (χ1n) is 7.71. The van der Waals surface area contributed by atoms with Crippen molar-refractivity contribution in [1.29, 1.82) is 0 Å². The summed E-state index contributed by atoms with van der Waals surface area (Å²) in [7, 11) is 1.23. The van der Waals surface area contributed by atoms with Crippen molar-refractivity contribution < 1.29 is 28.7 Å². The van der Waals surface area contributed by atoms with Crippen molar-refractivity contribution in [2.45, 2.75) is 38.3 Å². The maximum atomic E-state index is 12.4. The van der Waals surface area contributed by atoms with E-state index < -0.39 is 17.5 Å². The van der Waals surface area contributed by atoms with Gasteiger partial charge in [0.1, 0.15) is 13.2 Å². The Morgan fingerprint density at radius 3 is 2.58 bits per heavy atom. The lowest BCUT2D eigenvalue weighted by Crippen LogP contribution is -2.62. The molecule has 1 amide bonds. The lowest BCUT2D eigenvalue weighted by atomic mass is 9.88. The smallest absolute Gasteiger partial charge is 0.338 e. The number of methoxy groups -OCH3 is 1. The van der Waals surface area contributed by atoms with Crippen LogP contribution in [-0.4, -0.2) is 42.2 Å². The van der Waals surface area contributed by atoms with E-state index in [4.69, 9.17) is 14.3 Å². The van der Waals surface area contributed by atoms with Crippen LogP contribution < -0.4 is 0 Å². The highest BCUT2D eigenvalue weighted by molar-refractivity contribution is 5.89. The third kappa shape index (κ3) is 3.91. The van der Waals surface area contributed by atoms with Gasteiger partial charge in [-0.3, -0.25) is 14.4 Å². The summed E-state index contributed by atoms with van der Waals surface area (Å²) in [5.74, 6) is -1.54. The van der Waals surface area contributed by atoms with E-state index in [-0.39, 0.29) is 25.5 Å². The van der Waals surface area contributed by atoms with Crippen molar-refractivity contribution in [2.24, 2.45) is 0 Å². The zero-order valence-corrected chi connectivity index (χ0v) is 13.8. The molecule has 1 heterocycles. The van der Waals surface area contributed by atoms with Crippen LogP contribution in [0.2, 0.25) is 0 Å². The predicted molar refractivity (Wildman–Crippen MR) is 83.3 cm³/mol. The fraction of sp³-hybridized carbons (Fsp3) is 0.471. The van der Waals surface area contributed by atoms with Gasteiger partial charge >= 0.3 is 11.9 Å². The first-order valence-corrected chi connectivity index (χ1v) is 7.71. The third-order valence-electron chi connectivity index (χ3n) is 3.88. The normalized spacial score (nSPS) is 20.6. The molecule has 2 rings (SSSR count). The zero-order chi connectivity index (χ0) is 17.6. The standard InChI is InChI=1S/C17H21NO6/c1-13(19)23-12-17(16(21)22-2)10-6-9-15(20)18(17)24-11-14-7-4-3-5-8-14/h3-5,7-8H,6,9-12H2,1-2H3. The molecule has 0 radical (unpaired) electrons. The molecule has 130 valence electrons. The second kappa shape index (κ2) is 7.92. The first kappa shape index (κ1) is 17.9. The number of hydrogen-bond acceptors (Lipinski definition) is 6. The largest absolute Gasteiger partial charge is 0.467 e. The van der Waals surface area contributed by atoms with Crippen LogP contribution in [0.1, 0.15) is 31.7 Å². The molecule has 1 fully saturated rings. The average molecular weight is 335 g/mol. The molecule has 7 heteroatoms. The van der Waals surface area contributed by atoms with E-state index in [9.17, 15) is 14.4 Å². The predicted octanol–water partition coefficient (Wildman–Crippen LogP) is 1.61. The molecule has 1 aromatic carbocycles. The van der Waals surface area contributed by atoms with Gasteiger partial charge in [0.15, 0.2) is 0 Å². The van der Waals surface area contributed by atoms with Crippen LogP contribution in [-0.2, 0) is 35.3 Å². The van der Waals surface area contributed by atoms with Crippen molar-refractivity contribution in [3.8, 4) is 0 Å². The Balaban J connectivity index is 2.24. The maximum Gasteiger partial charge on any atom is 0.338 e. The minimum atomic E-state index is -1.45. The number of benzene rings is 1. The summed E-state index contributed by atoms with van der Waals surface area (Å²) in [5.41, 5.74) is -0.605. The summed E-state index contributed by atoms with van der Waals surface area (Å²) >= 11 is 0. The second-order valence-electron chi connectivity index (χ2n) is 5.60. The number of carbonyl (C=O) groups excluding carboxylic acids is 3. The number of esters is 2. The zero-order valence-electron chi connectivity index (χ0n) is 13.8. The fourth-order valence-corrected chi connectivity index (χ4v) is 2.67. The summed E-state index contributed by atoms with van der Waals surface area (Å²) in [5, 5.41) is 1.03. The number of hydroxylamine groups is 2. The lowest BCUT2D eigenvalue weighted by molar-refractivity contribution is -0.249. The summed E-state index contributed by atoms with van der Waals surface area (Å²) in [6, 6.07) is 9.27. The van der Waals surface area contributed by atoms with Crippen LogP contribution in [0.5, 0.6) is 0 Å². The van der Waals surface area contributed by atoms with Crippen molar-refractivity contribution >= 4 is 17.8 Å².